The summed E-state index contributed by atoms with van der Waals surface area (Å²) in [5.74, 6) is 1.01. The molecule has 2 fully saturated rings. The van der Waals surface area contributed by atoms with Crippen LogP contribution >= 0.6 is 0 Å². The molecule has 98 valence electrons. The third-order valence-corrected chi connectivity index (χ3v) is 4.40. The molecule has 1 aliphatic carbocycles. The minimum atomic E-state index is -0.166. The molecule has 1 saturated heterocycles. The third-order valence-electron chi connectivity index (χ3n) is 4.40. The zero-order valence-electron chi connectivity index (χ0n) is 11.0. The second kappa shape index (κ2) is 4.94. The molecule has 0 radical (unpaired) electrons. The molecule has 1 unspecified atom stereocenters. The minimum Gasteiger partial charge on any atom is -0.349 e. The predicted molar refractivity (Wildman–Crippen MR) is 68.5 cm³/mol. The van der Waals surface area contributed by atoms with E-state index in [1.165, 1.54) is 12.8 Å². The van der Waals surface area contributed by atoms with Gasteiger partial charge in [-0.1, -0.05) is 0 Å². The van der Waals surface area contributed by atoms with E-state index in [4.69, 9.17) is 5.73 Å². The Balaban J connectivity index is 1.87. The van der Waals surface area contributed by atoms with Crippen molar-refractivity contribution < 1.29 is 4.79 Å². The van der Waals surface area contributed by atoms with Gasteiger partial charge in [0.2, 0.25) is 5.91 Å². The molecule has 2 aliphatic rings. The Morgan fingerprint density at radius 1 is 1.35 bits per heavy atom. The van der Waals surface area contributed by atoms with Crippen LogP contribution in [-0.4, -0.2) is 43.0 Å². The van der Waals surface area contributed by atoms with Crippen LogP contribution in [0.2, 0.25) is 0 Å². The van der Waals surface area contributed by atoms with Gasteiger partial charge in [-0.15, -0.1) is 0 Å². The van der Waals surface area contributed by atoms with E-state index in [1.807, 2.05) is 0 Å². The zero-order valence-corrected chi connectivity index (χ0v) is 11.0. The summed E-state index contributed by atoms with van der Waals surface area (Å²) in [6.45, 7) is 4.70. The van der Waals surface area contributed by atoms with Crippen molar-refractivity contribution in [2.24, 2.45) is 17.6 Å². The second-order valence-electron chi connectivity index (χ2n) is 5.96. The fourth-order valence-corrected chi connectivity index (χ4v) is 2.69. The van der Waals surface area contributed by atoms with E-state index in [1.54, 1.807) is 0 Å². The molecule has 1 atom stereocenters. The van der Waals surface area contributed by atoms with Gasteiger partial charge in [-0.25, -0.2) is 0 Å². The molecule has 4 heteroatoms. The Labute approximate surface area is 104 Å². The van der Waals surface area contributed by atoms with Gasteiger partial charge in [-0.05, 0) is 58.7 Å². The minimum absolute atomic E-state index is 0.166. The molecule has 1 saturated carbocycles. The van der Waals surface area contributed by atoms with Crippen molar-refractivity contribution in [2.45, 2.75) is 38.1 Å². The molecule has 4 nitrogen and oxygen atoms in total. The van der Waals surface area contributed by atoms with Gasteiger partial charge in [-0.3, -0.25) is 4.79 Å². The molecule has 1 heterocycles. The molecule has 1 aliphatic heterocycles. The van der Waals surface area contributed by atoms with E-state index >= 15 is 0 Å². The quantitative estimate of drug-likeness (QED) is 0.754. The first-order chi connectivity index (χ1) is 8.05. The van der Waals surface area contributed by atoms with Crippen molar-refractivity contribution in [1.29, 1.82) is 0 Å². The van der Waals surface area contributed by atoms with Crippen LogP contribution in [0.15, 0.2) is 0 Å². The summed E-state index contributed by atoms with van der Waals surface area (Å²) in [5, 5.41) is 3.21. The smallest absolute Gasteiger partial charge is 0.223 e. The SMILES string of the molecule is CN1CCC(C(=O)NC(C)(CN)C2CC2)CC1. The maximum absolute atomic E-state index is 12.2. The van der Waals surface area contributed by atoms with Crippen LogP contribution < -0.4 is 11.1 Å². The van der Waals surface area contributed by atoms with Gasteiger partial charge >= 0.3 is 0 Å². The lowest BCUT2D eigenvalue weighted by atomic mass is 9.91. The van der Waals surface area contributed by atoms with Crippen molar-refractivity contribution in [3.8, 4) is 0 Å². The lowest BCUT2D eigenvalue weighted by Gasteiger charge is -2.34. The number of nitrogens with two attached hydrogens (primary N) is 1. The molecule has 0 spiro atoms. The number of nitrogens with one attached hydrogen (secondary N) is 1. The highest BCUT2D eigenvalue weighted by Crippen LogP contribution is 2.39. The van der Waals surface area contributed by atoms with E-state index in [9.17, 15) is 4.79 Å². The predicted octanol–water partition coefficient (Wildman–Crippen LogP) is 0.572. The standard InChI is InChI=1S/C13H25N3O/c1-13(9-14,11-3-4-11)15-12(17)10-5-7-16(2)8-6-10/h10-11H,3-9,14H2,1-2H3,(H,15,17). The number of carbonyl (C=O) groups is 1. The molecule has 2 rings (SSSR count). The number of amides is 1. The molecular formula is C13H25N3O. The van der Waals surface area contributed by atoms with Crippen LogP contribution in [0.5, 0.6) is 0 Å². The number of likely N-dealkylation sites (tertiary alicyclic amines) is 1. The largest absolute Gasteiger partial charge is 0.349 e. The van der Waals surface area contributed by atoms with Gasteiger partial charge < -0.3 is 16.0 Å². The number of rotatable bonds is 4. The van der Waals surface area contributed by atoms with Gasteiger partial charge in [0, 0.05) is 12.5 Å². The van der Waals surface area contributed by atoms with E-state index in [0.717, 1.165) is 25.9 Å². The summed E-state index contributed by atoms with van der Waals surface area (Å²) in [6, 6.07) is 0. The first kappa shape index (κ1) is 12.8. The van der Waals surface area contributed by atoms with Crippen molar-refractivity contribution in [2.75, 3.05) is 26.7 Å². The van der Waals surface area contributed by atoms with Crippen LogP contribution in [0.3, 0.4) is 0 Å². The first-order valence-corrected chi connectivity index (χ1v) is 6.76. The fourth-order valence-electron chi connectivity index (χ4n) is 2.69. The van der Waals surface area contributed by atoms with Gasteiger partial charge in [0.25, 0.3) is 0 Å². The topological polar surface area (TPSA) is 58.4 Å². The summed E-state index contributed by atoms with van der Waals surface area (Å²) >= 11 is 0. The highest BCUT2D eigenvalue weighted by atomic mass is 16.2. The Morgan fingerprint density at radius 2 is 1.94 bits per heavy atom. The average molecular weight is 239 g/mol. The van der Waals surface area contributed by atoms with Gasteiger partial charge in [-0.2, -0.15) is 0 Å². The molecule has 3 N–H and O–H groups in total. The Hall–Kier alpha value is -0.610. The molecule has 0 aromatic carbocycles. The first-order valence-electron chi connectivity index (χ1n) is 6.76. The van der Waals surface area contributed by atoms with Crippen LogP contribution in [-0.2, 0) is 4.79 Å². The zero-order chi connectivity index (χ0) is 12.5. The fraction of sp³-hybridized carbons (Fsp3) is 0.923. The number of piperidine rings is 1. The lowest BCUT2D eigenvalue weighted by molar-refractivity contribution is -0.128. The summed E-state index contributed by atoms with van der Waals surface area (Å²) in [7, 11) is 2.11. The van der Waals surface area contributed by atoms with Gasteiger partial charge in [0.15, 0.2) is 0 Å². The monoisotopic (exact) mass is 239 g/mol. The molecular weight excluding hydrogens is 214 g/mol. The van der Waals surface area contributed by atoms with Crippen molar-refractivity contribution in [3.63, 3.8) is 0 Å². The summed E-state index contributed by atoms with van der Waals surface area (Å²) < 4.78 is 0. The highest BCUT2D eigenvalue weighted by molar-refractivity contribution is 5.79. The summed E-state index contributed by atoms with van der Waals surface area (Å²) in [4.78, 5) is 14.5. The highest BCUT2D eigenvalue weighted by Gasteiger charge is 2.42. The van der Waals surface area contributed by atoms with Crippen LogP contribution in [0.4, 0.5) is 0 Å². The number of carbonyl (C=O) groups excluding carboxylic acids is 1. The number of hydrogen-bond donors (Lipinski definition) is 2. The van der Waals surface area contributed by atoms with E-state index in [2.05, 4.69) is 24.2 Å². The summed E-state index contributed by atoms with van der Waals surface area (Å²) in [5.41, 5.74) is 5.66. The number of hydrogen-bond acceptors (Lipinski definition) is 3. The van der Waals surface area contributed by atoms with Gasteiger partial charge in [0.1, 0.15) is 0 Å². The van der Waals surface area contributed by atoms with Crippen LogP contribution in [0.1, 0.15) is 32.6 Å². The lowest BCUT2D eigenvalue weighted by Crippen LogP contribution is -2.55. The van der Waals surface area contributed by atoms with Gasteiger partial charge in [0.05, 0.1) is 5.54 Å². The molecule has 0 bridgehead atoms. The Bertz CT molecular complexity index is 282. The maximum atomic E-state index is 12.2. The normalized spacial score (nSPS) is 26.5. The molecule has 0 aromatic heterocycles. The number of nitrogens with zero attached hydrogens (tertiary/aromatic N) is 1. The van der Waals surface area contributed by atoms with E-state index in [0.29, 0.717) is 12.5 Å². The Morgan fingerprint density at radius 3 is 2.41 bits per heavy atom. The summed E-state index contributed by atoms with van der Waals surface area (Å²) in [6.07, 6.45) is 4.38. The van der Waals surface area contributed by atoms with E-state index < -0.39 is 0 Å². The van der Waals surface area contributed by atoms with Crippen molar-refractivity contribution >= 4 is 5.91 Å². The Kier molecular flexibility index (Phi) is 3.73. The van der Waals surface area contributed by atoms with Crippen LogP contribution in [0, 0.1) is 11.8 Å². The van der Waals surface area contributed by atoms with Crippen LogP contribution in [0.25, 0.3) is 0 Å². The molecule has 0 aromatic rings. The average Bonchev–Trinajstić information content (AvgIpc) is 3.13. The maximum Gasteiger partial charge on any atom is 0.223 e. The third kappa shape index (κ3) is 2.99. The second-order valence-corrected chi connectivity index (χ2v) is 5.96. The molecule has 17 heavy (non-hydrogen) atoms. The van der Waals surface area contributed by atoms with E-state index in [-0.39, 0.29) is 17.4 Å². The van der Waals surface area contributed by atoms with Crippen molar-refractivity contribution in [1.82, 2.24) is 10.2 Å². The molecule has 1 amide bonds. The van der Waals surface area contributed by atoms with Crippen molar-refractivity contribution in [3.05, 3.63) is 0 Å².